The van der Waals surface area contributed by atoms with E-state index in [0.29, 0.717) is 6.07 Å². The Hall–Kier alpha value is -2.42. The van der Waals surface area contributed by atoms with Crippen molar-refractivity contribution in [2.45, 2.75) is 12.4 Å². The zero-order valence-corrected chi connectivity index (χ0v) is 12.7. The largest absolute Gasteiger partial charge is 0.507 e. The van der Waals surface area contributed by atoms with Crippen LogP contribution in [0.15, 0.2) is 36.4 Å². The maximum Gasteiger partial charge on any atom is 0.419 e. The van der Waals surface area contributed by atoms with Gasteiger partial charge in [-0.3, -0.25) is 4.79 Å². The molecule has 0 aliphatic rings. The number of hydrogen-bond donors (Lipinski definition) is 2. The van der Waals surface area contributed by atoms with E-state index in [-0.39, 0.29) is 11.1 Å². The second kappa shape index (κ2) is 6.47. The number of phenolic OH excluding ortho intramolecular Hbond substituents is 1. The van der Waals surface area contributed by atoms with Gasteiger partial charge in [0.2, 0.25) is 0 Å². The number of carbonyl (C=O) groups excluding carboxylic acids is 1. The number of hydrogen-bond acceptors (Lipinski definition) is 2. The maximum atomic E-state index is 13.1. The molecule has 0 aliphatic heterocycles. The molecule has 0 saturated heterocycles. The number of phenols is 1. The molecule has 0 atom stereocenters. The summed E-state index contributed by atoms with van der Waals surface area (Å²) in [6.45, 7) is 0. The number of rotatable bonds is 2. The molecule has 2 rings (SSSR count). The van der Waals surface area contributed by atoms with Gasteiger partial charge in [0.1, 0.15) is 5.75 Å². The molecule has 25 heavy (non-hydrogen) atoms. The van der Waals surface area contributed by atoms with Crippen LogP contribution in [0.3, 0.4) is 0 Å². The minimum absolute atomic E-state index is 0.00281. The molecule has 2 aromatic carbocycles. The summed E-state index contributed by atoms with van der Waals surface area (Å²) in [7, 11) is 0. The van der Waals surface area contributed by atoms with Crippen molar-refractivity contribution in [2.24, 2.45) is 0 Å². The molecule has 2 aromatic rings. The van der Waals surface area contributed by atoms with Gasteiger partial charge in [-0.1, -0.05) is 17.7 Å². The lowest BCUT2D eigenvalue weighted by Crippen LogP contribution is -2.21. The summed E-state index contributed by atoms with van der Waals surface area (Å²) in [5.41, 5.74) is -5.55. The van der Waals surface area contributed by atoms with Gasteiger partial charge in [0.25, 0.3) is 5.91 Å². The fraction of sp³-hybridized carbons (Fsp3) is 0.133. The van der Waals surface area contributed by atoms with Crippen molar-refractivity contribution in [3.8, 4) is 5.75 Å². The van der Waals surface area contributed by atoms with Crippen LogP contribution in [-0.2, 0) is 12.4 Å². The quantitative estimate of drug-likeness (QED) is 0.688. The van der Waals surface area contributed by atoms with Crippen LogP contribution in [-0.4, -0.2) is 11.0 Å². The highest BCUT2D eigenvalue weighted by molar-refractivity contribution is 6.31. The molecule has 0 bridgehead atoms. The van der Waals surface area contributed by atoms with E-state index in [1.807, 2.05) is 0 Å². The molecule has 0 saturated carbocycles. The monoisotopic (exact) mass is 383 g/mol. The van der Waals surface area contributed by atoms with E-state index in [9.17, 15) is 36.2 Å². The van der Waals surface area contributed by atoms with Crippen molar-refractivity contribution >= 4 is 23.2 Å². The Bertz CT molecular complexity index is 817. The van der Waals surface area contributed by atoms with E-state index in [2.05, 4.69) is 0 Å². The Balaban J connectivity index is 2.53. The lowest BCUT2D eigenvalue weighted by Gasteiger charge is -2.19. The highest BCUT2D eigenvalue weighted by Gasteiger charge is 2.45. The average Bonchev–Trinajstić information content (AvgIpc) is 2.47. The average molecular weight is 384 g/mol. The van der Waals surface area contributed by atoms with E-state index in [0.717, 1.165) is 18.2 Å². The standard InChI is InChI=1S/C15H8ClF6NO2/c16-7-4-5-11(24)8(6-7)13(25)23-10-3-1-2-9(14(17,18)19)12(10)15(20,21)22/h1-6,24H,(H,23,25). The SMILES string of the molecule is O=C(Nc1cccc(C(F)(F)F)c1C(F)(F)F)c1cc(Cl)ccc1O. The van der Waals surface area contributed by atoms with Crippen LogP contribution in [0.2, 0.25) is 5.02 Å². The smallest absolute Gasteiger partial charge is 0.419 e. The van der Waals surface area contributed by atoms with Gasteiger partial charge in [0, 0.05) is 5.02 Å². The predicted octanol–water partition coefficient (Wildman–Crippen LogP) is 5.34. The summed E-state index contributed by atoms with van der Waals surface area (Å²) in [5, 5.41) is 11.3. The fourth-order valence-corrected chi connectivity index (χ4v) is 2.25. The Morgan fingerprint density at radius 1 is 1.00 bits per heavy atom. The molecule has 10 heteroatoms. The van der Waals surface area contributed by atoms with Crippen molar-refractivity contribution in [1.29, 1.82) is 0 Å². The number of amides is 1. The van der Waals surface area contributed by atoms with E-state index in [1.54, 1.807) is 5.32 Å². The predicted molar refractivity (Wildman–Crippen MR) is 77.5 cm³/mol. The summed E-state index contributed by atoms with van der Waals surface area (Å²) < 4.78 is 77.9. The van der Waals surface area contributed by atoms with E-state index < -0.39 is 46.4 Å². The molecule has 3 nitrogen and oxygen atoms in total. The van der Waals surface area contributed by atoms with Gasteiger partial charge < -0.3 is 10.4 Å². The third-order valence-electron chi connectivity index (χ3n) is 3.10. The molecular weight excluding hydrogens is 376 g/mol. The van der Waals surface area contributed by atoms with Gasteiger partial charge in [-0.25, -0.2) is 0 Å². The van der Waals surface area contributed by atoms with Gasteiger partial charge in [-0.15, -0.1) is 0 Å². The first kappa shape index (κ1) is 18.9. The normalized spacial score (nSPS) is 12.1. The maximum absolute atomic E-state index is 13.1. The van der Waals surface area contributed by atoms with Crippen LogP contribution in [0, 0.1) is 0 Å². The van der Waals surface area contributed by atoms with Crippen LogP contribution in [0.1, 0.15) is 21.5 Å². The highest BCUT2D eigenvalue weighted by Crippen LogP contribution is 2.44. The van der Waals surface area contributed by atoms with E-state index in [1.165, 1.54) is 6.07 Å². The van der Waals surface area contributed by atoms with Crippen LogP contribution in [0.5, 0.6) is 5.75 Å². The first-order valence-electron chi connectivity index (χ1n) is 6.48. The molecule has 0 fully saturated rings. The van der Waals surface area contributed by atoms with Gasteiger partial charge in [-0.2, -0.15) is 26.3 Å². The van der Waals surface area contributed by atoms with E-state index >= 15 is 0 Å². The Kier molecular flexibility index (Phi) is 4.90. The van der Waals surface area contributed by atoms with Crippen LogP contribution < -0.4 is 5.32 Å². The van der Waals surface area contributed by atoms with E-state index in [4.69, 9.17) is 11.6 Å². The number of alkyl halides is 6. The summed E-state index contributed by atoms with van der Waals surface area (Å²) in [4.78, 5) is 12.0. The van der Waals surface area contributed by atoms with Crippen LogP contribution in [0.4, 0.5) is 32.0 Å². The Morgan fingerprint density at radius 3 is 2.20 bits per heavy atom. The van der Waals surface area contributed by atoms with Crippen molar-refractivity contribution in [3.63, 3.8) is 0 Å². The van der Waals surface area contributed by atoms with Gasteiger partial charge >= 0.3 is 12.4 Å². The molecule has 1 amide bonds. The van der Waals surface area contributed by atoms with Crippen molar-refractivity contribution in [3.05, 3.63) is 58.1 Å². The minimum atomic E-state index is -5.37. The fourth-order valence-electron chi connectivity index (χ4n) is 2.08. The summed E-state index contributed by atoms with van der Waals surface area (Å²) in [5.74, 6) is -1.84. The number of benzene rings is 2. The topological polar surface area (TPSA) is 49.3 Å². The molecule has 0 spiro atoms. The zero-order chi connectivity index (χ0) is 19.0. The number of aromatic hydroxyl groups is 1. The number of carbonyl (C=O) groups is 1. The molecule has 0 radical (unpaired) electrons. The Labute approximate surface area is 141 Å². The van der Waals surface area contributed by atoms with Crippen molar-refractivity contribution < 1.29 is 36.2 Å². The van der Waals surface area contributed by atoms with Crippen LogP contribution >= 0.6 is 11.6 Å². The molecule has 0 aromatic heterocycles. The molecule has 0 aliphatic carbocycles. The zero-order valence-electron chi connectivity index (χ0n) is 12.0. The first-order valence-corrected chi connectivity index (χ1v) is 6.86. The number of halogens is 7. The minimum Gasteiger partial charge on any atom is -0.507 e. The lowest BCUT2D eigenvalue weighted by atomic mass is 10.0. The van der Waals surface area contributed by atoms with Gasteiger partial charge in [-0.05, 0) is 30.3 Å². The molecule has 0 heterocycles. The van der Waals surface area contributed by atoms with Crippen LogP contribution in [0.25, 0.3) is 0 Å². The van der Waals surface area contributed by atoms with Gasteiger partial charge in [0.15, 0.2) is 0 Å². The molecule has 2 N–H and O–H groups in total. The summed E-state index contributed by atoms with van der Waals surface area (Å²) in [6.07, 6.45) is -10.6. The van der Waals surface area contributed by atoms with Gasteiger partial charge in [0.05, 0.1) is 22.4 Å². The second-order valence-electron chi connectivity index (χ2n) is 4.84. The Morgan fingerprint density at radius 2 is 1.64 bits per heavy atom. The molecule has 134 valence electrons. The third-order valence-corrected chi connectivity index (χ3v) is 3.34. The lowest BCUT2D eigenvalue weighted by molar-refractivity contribution is -0.161. The third kappa shape index (κ3) is 4.16. The number of nitrogens with one attached hydrogen (secondary N) is 1. The van der Waals surface area contributed by atoms with Crippen molar-refractivity contribution in [2.75, 3.05) is 5.32 Å². The highest BCUT2D eigenvalue weighted by atomic mass is 35.5. The van der Waals surface area contributed by atoms with Crippen molar-refractivity contribution in [1.82, 2.24) is 0 Å². The number of anilines is 1. The second-order valence-corrected chi connectivity index (χ2v) is 5.28. The molecular formula is C15H8ClF6NO2. The first-order chi connectivity index (χ1) is 11.4. The molecule has 0 unspecified atom stereocenters. The summed E-state index contributed by atoms with van der Waals surface area (Å²) >= 11 is 5.63. The summed E-state index contributed by atoms with van der Waals surface area (Å²) in [6, 6.07) is 4.87.